The summed E-state index contributed by atoms with van der Waals surface area (Å²) >= 11 is 1.74. The van der Waals surface area contributed by atoms with E-state index in [0.29, 0.717) is 11.1 Å². The Kier molecular flexibility index (Phi) is 3.69. The van der Waals surface area contributed by atoms with E-state index in [4.69, 9.17) is 15.2 Å². The van der Waals surface area contributed by atoms with Crippen molar-refractivity contribution in [2.24, 2.45) is 0 Å². The predicted octanol–water partition coefficient (Wildman–Crippen LogP) is 3.42. The number of hydrogen-bond acceptors (Lipinski definition) is 6. The molecule has 2 heterocycles. The second-order valence-electron chi connectivity index (χ2n) is 5.60. The third-order valence-corrected chi connectivity index (χ3v) is 5.67. The van der Waals surface area contributed by atoms with Crippen LogP contribution < -0.4 is 15.2 Å². The summed E-state index contributed by atoms with van der Waals surface area (Å²) in [5.74, 6) is 2.06. The maximum absolute atomic E-state index is 6.00. The van der Waals surface area contributed by atoms with Crippen LogP contribution in [-0.4, -0.2) is 29.4 Å². The summed E-state index contributed by atoms with van der Waals surface area (Å²) in [5, 5.41) is 0.301. The molecule has 2 aromatic rings. The molecule has 1 aromatic carbocycles. The van der Waals surface area contributed by atoms with Gasteiger partial charge in [0.25, 0.3) is 0 Å². The minimum absolute atomic E-state index is 0.301. The van der Waals surface area contributed by atoms with E-state index in [1.807, 2.05) is 12.1 Å². The monoisotopic (exact) mass is 339 g/mol. The highest BCUT2D eigenvalue weighted by atomic mass is 32.2. The van der Waals surface area contributed by atoms with Crippen LogP contribution in [0.3, 0.4) is 0 Å². The number of nitrogens with zero attached hydrogens (tertiary/aromatic N) is 2. The SMILES string of the molecule is COc1cccc(C2=CC=C3c4ncnc(N)c4SC3C2)c1OC. The quantitative estimate of drug-likeness (QED) is 0.924. The number of thioether (sulfide) groups is 1. The Labute approximate surface area is 144 Å². The summed E-state index contributed by atoms with van der Waals surface area (Å²) in [6.07, 6.45) is 6.68. The molecular weight excluding hydrogens is 322 g/mol. The van der Waals surface area contributed by atoms with Gasteiger partial charge in [-0.2, -0.15) is 0 Å². The zero-order chi connectivity index (χ0) is 16.7. The highest BCUT2D eigenvalue weighted by Gasteiger charge is 2.34. The molecule has 1 atom stereocenters. The molecule has 2 aliphatic rings. The molecule has 0 bridgehead atoms. The van der Waals surface area contributed by atoms with Crippen molar-refractivity contribution in [3.8, 4) is 11.5 Å². The molecule has 1 unspecified atom stereocenters. The predicted molar refractivity (Wildman–Crippen MR) is 96.2 cm³/mol. The van der Waals surface area contributed by atoms with Crippen LogP contribution in [0, 0.1) is 0 Å². The number of hydrogen-bond donors (Lipinski definition) is 1. The molecule has 4 rings (SSSR count). The number of benzene rings is 1. The van der Waals surface area contributed by atoms with Gasteiger partial charge in [-0.1, -0.05) is 24.3 Å². The molecule has 6 heteroatoms. The largest absolute Gasteiger partial charge is 0.493 e. The molecule has 0 amide bonds. The number of methoxy groups -OCH3 is 2. The number of para-hydroxylation sites is 1. The number of fused-ring (bicyclic) bond motifs is 3. The Morgan fingerprint density at radius 3 is 2.83 bits per heavy atom. The third-order valence-electron chi connectivity index (χ3n) is 4.33. The number of allylic oxidation sites excluding steroid dienone is 3. The Balaban J connectivity index is 1.75. The second-order valence-corrected chi connectivity index (χ2v) is 6.82. The lowest BCUT2D eigenvalue weighted by molar-refractivity contribution is 0.354. The van der Waals surface area contributed by atoms with Crippen molar-refractivity contribution in [3.63, 3.8) is 0 Å². The van der Waals surface area contributed by atoms with E-state index >= 15 is 0 Å². The van der Waals surface area contributed by atoms with Gasteiger partial charge in [-0.25, -0.2) is 9.97 Å². The molecule has 0 radical (unpaired) electrons. The lowest BCUT2D eigenvalue weighted by atomic mass is 9.91. The maximum atomic E-state index is 6.00. The average molecular weight is 339 g/mol. The Morgan fingerprint density at radius 2 is 2.04 bits per heavy atom. The molecule has 0 spiro atoms. The maximum Gasteiger partial charge on any atom is 0.168 e. The molecule has 1 aromatic heterocycles. The topological polar surface area (TPSA) is 70.3 Å². The van der Waals surface area contributed by atoms with Gasteiger partial charge < -0.3 is 15.2 Å². The minimum Gasteiger partial charge on any atom is -0.493 e. The van der Waals surface area contributed by atoms with Crippen molar-refractivity contribution < 1.29 is 9.47 Å². The molecule has 0 saturated heterocycles. The molecule has 0 fully saturated rings. The van der Waals surface area contributed by atoms with Gasteiger partial charge in [0.05, 0.1) is 24.8 Å². The van der Waals surface area contributed by atoms with Gasteiger partial charge in [-0.3, -0.25) is 0 Å². The first-order valence-corrected chi connectivity index (χ1v) is 8.50. The van der Waals surface area contributed by atoms with Gasteiger partial charge in [0.2, 0.25) is 0 Å². The summed E-state index contributed by atoms with van der Waals surface area (Å²) in [5.41, 5.74) is 10.5. The number of aromatic nitrogens is 2. The van der Waals surface area contributed by atoms with E-state index in [-0.39, 0.29) is 0 Å². The fraction of sp³-hybridized carbons (Fsp3) is 0.222. The van der Waals surface area contributed by atoms with E-state index in [1.165, 1.54) is 17.5 Å². The smallest absolute Gasteiger partial charge is 0.168 e. The number of nitrogen functional groups attached to an aromatic ring is 1. The van der Waals surface area contributed by atoms with Crippen LogP contribution in [0.15, 0.2) is 41.6 Å². The summed E-state index contributed by atoms with van der Waals surface area (Å²) in [6, 6.07) is 5.95. The van der Waals surface area contributed by atoms with Crippen LogP contribution in [-0.2, 0) is 0 Å². The second kappa shape index (κ2) is 5.87. The fourth-order valence-corrected chi connectivity index (χ4v) is 4.52. The van der Waals surface area contributed by atoms with Gasteiger partial charge in [-0.15, -0.1) is 11.8 Å². The van der Waals surface area contributed by atoms with E-state index in [1.54, 1.807) is 26.0 Å². The number of rotatable bonds is 3. The van der Waals surface area contributed by atoms with Crippen molar-refractivity contribution in [2.75, 3.05) is 20.0 Å². The molecule has 122 valence electrons. The highest BCUT2D eigenvalue weighted by molar-refractivity contribution is 8.01. The van der Waals surface area contributed by atoms with Gasteiger partial charge in [0, 0.05) is 10.8 Å². The van der Waals surface area contributed by atoms with Crippen molar-refractivity contribution in [2.45, 2.75) is 16.6 Å². The normalized spacial score (nSPS) is 18.3. The Morgan fingerprint density at radius 1 is 1.17 bits per heavy atom. The van der Waals surface area contributed by atoms with Crippen molar-refractivity contribution in [1.82, 2.24) is 9.97 Å². The molecular formula is C18H17N3O2S. The summed E-state index contributed by atoms with van der Waals surface area (Å²) in [6.45, 7) is 0. The van der Waals surface area contributed by atoms with Crippen molar-refractivity contribution >= 4 is 28.7 Å². The van der Waals surface area contributed by atoms with Gasteiger partial charge >= 0.3 is 0 Å². The third kappa shape index (κ3) is 2.26. The summed E-state index contributed by atoms with van der Waals surface area (Å²) in [4.78, 5) is 9.50. The number of nitrogens with two attached hydrogens (primary N) is 1. The van der Waals surface area contributed by atoms with Crippen LogP contribution in [0.1, 0.15) is 17.7 Å². The fourth-order valence-electron chi connectivity index (χ4n) is 3.20. The van der Waals surface area contributed by atoms with Crippen LogP contribution >= 0.6 is 11.8 Å². The standard InChI is InChI=1S/C18H17N3O2S/c1-22-13-5-3-4-11(16(13)23-2)10-6-7-12-14(8-10)24-17-15(12)20-9-21-18(17)19/h3-7,9,14H,8H2,1-2H3,(H2,19,20,21). The van der Waals surface area contributed by atoms with Crippen LogP contribution in [0.5, 0.6) is 11.5 Å². The van der Waals surface area contributed by atoms with Gasteiger partial charge in [-0.05, 0) is 23.6 Å². The van der Waals surface area contributed by atoms with Crippen LogP contribution in [0.4, 0.5) is 5.82 Å². The first-order chi connectivity index (χ1) is 11.7. The van der Waals surface area contributed by atoms with Gasteiger partial charge in [0.1, 0.15) is 12.1 Å². The Bertz CT molecular complexity index is 877. The number of anilines is 1. The molecule has 24 heavy (non-hydrogen) atoms. The van der Waals surface area contributed by atoms with E-state index in [0.717, 1.165) is 34.1 Å². The molecule has 0 saturated carbocycles. The average Bonchev–Trinajstić information content (AvgIpc) is 3.00. The first-order valence-electron chi connectivity index (χ1n) is 7.62. The molecule has 1 aliphatic heterocycles. The lowest BCUT2D eigenvalue weighted by Gasteiger charge is -2.21. The molecule has 2 N–H and O–H groups in total. The molecule has 5 nitrogen and oxygen atoms in total. The summed E-state index contributed by atoms with van der Waals surface area (Å²) in [7, 11) is 3.32. The first kappa shape index (κ1) is 15.1. The van der Waals surface area contributed by atoms with Crippen molar-refractivity contribution in [1.29, 1.82) is 0 Å². The van der Waals surface area contributed by atoms with Crippen LogP contribution in [0.25, 0.3) is 11.1 Å². The van der Waals surface area contributed by atoms with E-state index in [9.17, 15) is 0 Å². The summed E-state index contributed by atoms with van der Waals surface area (Å²) < 4.78 is 11.0. The Hall–Kier alpha value is -2.47. The van der Waals surface area contributed by atoms with Gasteiger partial charge in [0.15, 0.2) is 11.5 Å². The van der Waals surface area contributed by atoms with E-state index in [2.05, 4.69) is 28.2 Å². The molecule has 1 aliphatic carbocycles. The van der Waals surface area contributed by atoms with Crippen LogP contribution in [0.2, 0.25) is 0 Å². The van der Waals surface area contributed by atoms with E-state index < -0.39 is 0 Å². The minimum atomic E-state index is 0.301. The highest BCUT2D eigenvalue weighted by Crippen LogP contribution is 2.51. The lowest BCUT2D eigenvalue weighted by Crippen LogP contribution is -2.07. The van der Waals surface area contributed by atoms with Crippen molar-refractivity contribution in [3.05, 3.63) is 47.9 Å². The zero-order valence-corrected chi connectivity index (χ0v) is 14.3. The zero-order valence-electron chi connectivity index (χ0n) is 13.4. The number of ether oxygens (including phenoxy) is 2.